The van der Waals surface area contributed by atoms with Crippen molar-refractivity contribution in [3.8, 4) is 0 Å². The zero-order valence-electron chi connectivity index (χ0n) is 15.5. The van der Waals surface area contributed by atoms with Crippen LogP contribution in [-0.4, -0.2) is 50.4 Å². The minimum absolute atomic E-state index is 0.488. The number of rotatable bonds is 4. The summed E-state index contributed by atoms with van der Waals surface area (Å²) in [6.07, 6.45) is 4.84. The Morgan fingerprint density at radius 1 is 1.24 bits per heavy atom. The minimum Gasteiger partial charge on any atom is -0.387 e. The molecule has 1 N–H and O–H groups in total. The second-order valence-electron chi connectivity index (χ2n) is 7.70. The average Bonchev–Trinajstić information content (AvgIpc) is 2.57. The highest BCUT2D eigenvalue weighted by molar-refractivity contribution is 7.92. The Morgan fingerprint density at radius 2 is 2.00 bits per heavy atom. The number of nitrogens with zero attached hydrogens (tertiary/aromatic N) is 2. The Kier molecular flexibility index (Phi) is 5.42. The van der Waals surface area contributed by atoms with Crippen molar-refractivity contribution in [2.45, 2.75) is 51.7 Å². The number of piperidine rings is 1. The molecule has 0 spiro atoms. The summed E-state index contributed by atoms with van der Waals surface area (Å²) in [6, 6.07) is 6.22. The van der Waals surface area contributed by atoms with Crippen LogP contribution in [0.15, 0.2) is 18.2 Å². The first-order valence-corrected chi connectivity index (χ1v) is 11.1. The molecule has 0 radical (unpaired) electrons. The summed E-state index contributed by atoms with van der Waals surface area (Å²) in [5.41, 5.74) is 2.68. The monoisotopic (exact) mass is 366 g/mol. The van der Waals surface area contributed by atoms with Gasteiger partial charge in [-0.1, -0.05) is 19.1 Å². The Morgan fingerprint density at radius 3 is 2.72 bits per heavy atom. The number of hydrogen-bond acceptors (Lipinski definition) is 4. The highest BCUT2D eigenvalue weighted by atomic mass is 32.2. The van der Waals surface area contributed by atoms with Gasteiger partial charge in [-0.2, -0.15) is 0 Å². The van der Waals surface area contributed by atoms with Crippen LogP contribution in [0.4, 0.5) is 5.69 Å². The molecule has 0 amide bonds. The predicted octanol–water partition coefficient (Wildman–Crippen LogP) is 2.55. The van der Waals surface area contributed by atoms with E-state index in [2.05, 4.69) is 18.7 Å². The van der Waals surface area contributed by atoms with Crippen LogP contribution in [0.1, 0.15) is 50.3 Å². The number of β-amino-alcohol motifs (C(OH)–C–C–N with tert-alkyl or cyclic N) is 1. The van der Waals surface area contributed by atoms with E-state index in [1.807, 2.05) is 18.2 Å². The molecule has 0 bridgehead atoms. The molecule has 140 valence electrons. The van der Waals surface area contributed by atoms with Gasteiger partial charge in [-0.05, 0) is 62.3 Å². The molecule has 5 nitrogen and oxygen atoms in total. The molecule has 25 heavy (non-hydrogen) atoms. The van der Waals surface area contributed by atoms with Crippen LogP contribution in [0.3, 0.4) is 0 Å². The van der Waals surface area contributed by atoms with Gasteiger partial charge in [0.25, 0.3) is 0 Å². The molecule has 1 saturated heterocycles. The third kappa shape index (κ3) is 4.01. The third-order valence-corrected chi connectivity index (χ3v) is 7.06. The molecular formula is C19H30N2O3S. The molecule has 2 aliphatic heterocycles. The van der Waals surface area contributed by atoms with Crippen LogP contribution in [0.2, 0.25) is 0 Å². The summed E-state index contributed by atoms with van der Waals surface area (Å²) < 4.78 is 25.4. The molecule has 0 aromatic heterocycles. The lowest BCUT2D eigenvalue weighted by molar-refractivity contribution is 0.0512. The predicted molar refractivity (Wildman–Crippen MR) is 101 cm³/mol. The van der Waals surface area contributed by atoms with Gasteiger partial charge in [0.2, 0.25) is 10.0 Å². The van der Waals surface area contributed by atoms with Gasteiger partial charge in [0, 0.05) is 19.1 Å². The van der Waals surface area contributed by atoms with E-state index in [1.165, 1.54) is 23.4 Å². The number of fused-ring (bicyclic) bond motifs is 1. The fourth-order valence-corrected chi connectivity index (χ4v) is 5.14. The van der Waals surface area contributed by atoms with Gasteiger partial charge < -0.3 is 5.11 Å². The van der Waals surface area contributed by atoms with Crippen molar-refractivity contribution in [2.75, 3.05) is 30.2 Å². The van der Waals surface area contributed by atoms with Gasteiger partial charge in [-0.3, -0.25) is 9.21 Å². The molecule has 0 aliphatic carbocycles. The quantitative estimate of drug-likeness (QED) is 0.890. The third-order valence-electron chi connectivity index (χ3n) is 5.88. The van der Waals surface area contributed by atoms with Gasteiger partial charge in [-0.15, -0.1) is 0 Å². The maximum Gasteiger partial charge on any atom is 0.232 e. The SMILES string of the molecule is C[C@@H]1CCCN(C[C@@H](O)c2ccc3c(c2)CCCN3S(C)(=O)=O)[C@@H]1C. The minimum atomic E-state index is -3.25. The normalized spacial score (nSPS) is 26.3. The second kappa shape index (κ2) is 7.25. The van der Waals surface area contributed by atoms with E-state index in [0.29, 0.717) is 25.0 Å². The molecule has 6 heteroatoms. The fraction of sp³-hybridized carbons (Fsp3) is 0.684. The molecule has 0 saturated carbocycles. The number of benzene rings is 1. The number of aliphatic hydroxyl groups excluding tert-OH is 1. The van der Waals surface area contributed by atoms with Gasteiger partial charge in [0.15, 0.2) is 0 Å². The number of aryl methyl sites for hydroxylation is 1. The number of hydrogen-bond donors (Lipinski definition) is 1. The molecule has 2 heterocycles. The van der Waals surface area contributed by atoms with E-state index >= 15 is 0 Å². The molecule has 1 aromatic rings. The number of anilines is 1. The van der Waals surface area contributed by atoms with Crippen LogP contribution in [0, 0.1) is 5.92 Å². The van der Waals surface area contributed by atoms with Crippen molar-refractivity contribution in [2.24, 2.45) is 5.92 Å². The van der Waals surface area contributed by atoms with E-state index in [0.717, 1.165) is 36.2 Å². The van der Waals surface area contributed by atoms with E-state index in [4.69, 9.17) is 0 Å². The standard InChI is InChI=1S/C19H30N2O3S/c1-14-6-4-10-20(15(14)2)13-19(22)17-8-9-18-16(12-17)7-5-11-21(18)25(3,23)24/h8-9,12,14-15,19,22H,4-7,10-11,13H2,1-3H3/t14-,15-,19-/m1/s1. The maximum absolute atomic E-state index is 12.0. The van der Waals surface area contributed by atoms with Crippen LogP contribution in [-0.2, 0) is 16.4 Å². The lowest BCUT2D eigenvalue weighted by atomic mass is 9.91. The summed E-state index contributed by atoms with van der Waals surface area (Å²) in [5, 5.41) is 10.7. The zero-order valence-corrected chi connectivity index (χ0v) is 16.3. The topological polar surface area (TPSA) is 60.9 Å². The van der Waals surface area contributed by atoms with Crippen LogP contribution < -0.4 is 4.31 Å². The van der Waals surface area contributed by atoms with Crippen molar-refractivity contribution in [3.05, 3.63) is 29.3 Å². The van der Waals surface area contributed by atoms with E-state index < -0.39 is 16.1 Å². The van der Waals surface area contributed by atoms with Crippen LogP contribution in [0.5, 0.6) is 0 Å². The molecule has 3 rings (SSSR count). The second-order valence-corrected chi connectivity index (χ2v) is 9.60. The van der Waals surface area contributed by atoms with Crippen molar-refractivity contribution < 1.29 is 13.5 Å². The first-order chi connectivity index (χ1) is 11.8. The Bertz CT molecular complexity index is 719. The van der Waals surface area contributed by atoms with Crippen molar-refractivity contribution in [1.29, 1.82) is 0 Å². The Labute approximate surface area is 151 Å². The Balaban J connectivity index is 1.77. The average molecular weight is 367 g/mol. The van der Waals surface area contributed by atoms with E-state index in [1.54, 1.807) is 0 Å². The van der Waals surface area contributed by atoms with Crippen molar-refractivity contribution in [3.63, 3.8) is 0 Å². The van der Waals surface area contributed by atoms with Crippen molar-refractivity contribution in [1.82, 2.24) is 4.90 Å². The van der Waals surface area contributed by atoms with Gasteiger partial charge >= 0.3 is 0 Å². The van der Waals surface area contributed by atoms with Crippen LogP contribution in [0.25, 0.3) is 0 Å². The highest BCUT2D eigenvalue weighted by Gasteiger charge is 2.28. The summed E-state index contributed by atoms with van der Waals surface area (Å²) in [4.78, 5) is 2.38. The number of sulfonamides is 1. The maximum atomic E-state index is 12.0. The number of aliphatic hydroxyl groups is 1. The molecule has 1 aromatic carbocycles. The largest absolute Gasteiger partial charge is 0.387 e. The summed E-state index contributed by atoms with van der Waals surface area (Å²) in [7, 11) is -3.25. The molecular weight excluding hydrogens is 336 g/mol. The lowest BCUT2D eigenvalue weighted by Crippen LogP contribution is -2.44. The van der Waals surface area contributed by atoms with Gasteiger partial charge in [-0.25, -0.2) is 8.42 Å². The fourth-order valence-electron chi connectivity index (χ4n) is 4.14. The van der Waals surface area contributed by atoms with Crippen LogP contribution >= 0.6 is 0 Å². The summed E-state index contributed by atoms with van der Waals surface area (Å²) >= 11 is 0. The molecule has 3 atom stereocenters. The zero-order chi connectivity index (χ0) is 18.2. The summed E-state index contributed by atoms with van der Waals surface area (Å²) in [5.74, 6) is 0.660. The molecule has 2 aliphatic rings. The molecule has 1 fully saturated rings. The first kappa shape index (κ1) is 18.7. The summed E-state index contributed by atoms with van der Waals surface area (Å²) in [6.45, 7) is 6.74. The van der Waals surface area contributed by atoms with Gasteiger partial charge in [0.05, 0.1) is 18.0 Å². The first-order valence-electron chi connectivity index (χ1n) is 9.30. The number of likely N-dealkylation sites (tertiary alicyclic amines) is 1. The smallest absolute Gasteiger partial charge is 0.232 e. The lowest BCUT2D eigenvalue weighted by Gasteiger charge is -2.39. The Hall–Kier alpha value is -1.11. The van der Waals surface area contributed by atoms with E-state index in [9.17, 15) is 13.5 Å². The van der Waals surface area contributed by atoms with Gasteiger partial charge in [0.1, 0.15) is 0 Å². The van der Waals surface area contributed by atoms with E-state index in [-0.39, 0.29) is 0 Å². The highest BCUT2D eigenvalue weighted by Crippen LogP contribution is 2.32. The molecule has 0 unspecified atom stereocenters. The van der Waals surface area contributed by atoms with Crippen molar-refractivity contribution >= 4 is 15.7 Å².